The van der Waals surface area contributed by atoms with Crippen LogP contribution in [0.4, 0.5) is 0 Å². The number of carbonyl (C=O) groups is 1. The molecule has 5 heteroatoms. The maximum atomic E-state index is 11.9. The molecule has 1 atom stereocenters. The summed E-state index contributed by atoms with van der Waals surface area (Å²) in [5.74, 6) is 1.89. The number of rotatable bonds is 7. The molecule has 5 nitrogen and oxygen atoms in total. The molecular formula is C15H23NO4. The van der Waals surface area contributed by atoms with E-state index in [2.05, 4.69) is 5.32 Å². The first-order chi connectivity index (χ1) is 9.66. The van der Waals surface area contributed by atoms with Gasteiger partial charge in [-0.2, -0.15) is 0 Å². The van der Waals surface area contributed by atoms with Gasteiger partial charge in [-0.3, -0.25) is 4.79 Å². The number of hydrogen-bond acceptors (Lipinski definition) is 4. The molecule has 1 unspecified atom stereocenters. The van der Waals surface area contributed by atoms with Crippen molar-refractivity contribution in [3.05, 3.63) is 23.2 Å². The summed E-state index contributed by atoms with van der Waals surface area (Å²) >= 11 is 0. The van der Waals surface area contributed by atoms with Gasteiger partial charge in [-0.15, -0.1) is 0 Å². The maximum Gasteiger partial charge on any atom is 0.254 e. The van der Waals surface area contributed by atoms with E-state index in [-0.39, 0.29) is 5.91 Å². The van der Waals surface area contributed by atoms with Crippen LogP contribution in [0, 0.1) is 19.8 Å². The molecule has 1 N–H and O–H groups in total. The van der Waals surface area contributed by atoms with Crippen molar-refractivity contribution >= 4 is 5.91 Å². The van der Waals surface area contributed by atoms with Crippen molar-refractivity contribution in [1.82, 2.24) is 5.32 Å². The van der Waals surface area contributed by atoms with Crippen molar-refractivity contribution in [1.29, 1.82) is 0 Å². The second kappa shape index (κ2) is 7.45. The Morgan fingerprint density at radius 2 is 2.35 bits per heavy atom. The van der Waals surface area contributed by atoms with Crippen LogP contribution in [0.15, 0.2) is 10.5 Å². The average molecular weight is 281 g/mol. The zero-order valence-electron chi connectivity index (χ0n) is 12.2. The van der Waals surface area contributed by atoms with Crippen molar-refractivity contribution in [2.45, 2.75) is 26.7 Å². The molecule has 112 valence electrons. The van der Waals surface area contributed by atoms with Gasteiger partial charge < -0.3 is 19.2 Å². The quantitative estimate of drug-likeness (QED) is 0.777. The maximum absolute atomic E-state index is 11.9. The van der Waals surface area contributed by atoms with Crippen LogP contribution in [0.3, 0.4) is 0 Å². The molecule has 0 saturated carbocycles. The smallest absolute Gasteiger partial charge is 0.254 e. The van der Waals surface area contributed by atoms with E-state index in [1.165, 1.54) is 0 Å². The van der Waals surface area contributed by atoms with E-state index in [0.717, 1.165) is 38.4 Å². The fourth-order valence-electron chi connectivity index (χ4n) is 2.29. The molecule has 1 amide bonds. The Hall–Kier alpha value is -1.33. The Balaban J connectivity index is 1.56. The van der Waals surface area contributed by atoms with Gasteiger partial charge in [-0.1, -0.05) is 0 Å². The second-order valence-corrected chi connectivity index (χ2v) is 5.24. The van der Waals surface area contributed by atoms with Crippen molar-refractivity contribution in [3.63, 3.8) is 0 Å². The Bertz CT molecular complexity index is 435. The molecule has 0 aliphatic carbocycles. The predicted octanol–water partition coefficient (Wildman–Crippen LogP) is 2.07. The SMILES string of the molecule is Cc1cc(C(=O)NCCCOCC2CCOC2)c(C)o1. The summed E-state index contributed by atoms with van der Waals surface area (Å²) < 4.78 is 16.2. The van der Waals surface area contributed by atoms with Gasteiger partial charge in [0, 0.05) is 25.7 Å². The van der Waals surface area contributed by atoms with Gasteiger partial charge in [0.2, 0.25) is 0 Å². The number of ether oxygens (including phenoxy) is 2. The molecule has 1 aliphatic rings. The van der Waals surface area contributed by atoms with E-state index >= 15 is 0 Å². The van der Waals surface area contributed by atoms with Crippen LogP contribution < -0.4 is 5.32 Å². The minimum absolute atomic E-state index is 0.0801. The summed E-state index contributed by atoms with van der Waals surface area (Å²) in [4.78, 5) is 11.9. The van der Waals surface area contributed by atoms with Crippen molar-refractivity contribution < 1.29 is 18.7 Å². The van der Waals surface area contributed by atoms with Crippen LogP contribution in [0.25, 0.3) is 0 Å². The third-order valence-electron chi connectivity index (χ3n) is 3.41. The lowest BCUT2D eigenvalue weighted by Crippen LogP contribution is -2.25. The van der Waals surface area contributed by atoms with Crippen LogP contribution >= 0.6 is 0 Å². The fourth-order valence-corrected chi connectivity index (χ4v) is 2.29. The summed E-state index contributed by atoms with van der Waals surface area (Å²) in [6.07, 6.45) is 1.91. The highest BCUT2D eigenvalue weighted by atomic mass is 16.5. The highest BCUT2D eigenvalue weighted by molar-refractivity contribution is 5.95. The van der Waals surface area contributed by atoms with Crippen LogP contribution in [0.5, 0.6) is 0 Å². The van der Waals surface area contributed by atoms with Gasteiger partial charge in [0.1, 0.15) is 11.5 Å². The summed E-state index contributed by atoms with van der Waals surface area (Å²) in [6.45, 7) is 7.35. The second-order valence-electron chi connectivity index (χ2n) is 5.24. The molecule has 1 aromatic heterocycles. The summed E-state index contributed by atoms with van der Waals surface area (Å²) in [6, 6.07) is 1.77. The van der Waals surface area contributed by atoms with Crippen LogP contribution in [0.1, 0.15) is 34.7 Å². The van der Waals surface area contributed by atoms with E-state index in [1.807, 2.05) is 6.92 Å². The Kier molecular flexibility index (Phi) is 5.61. The zero-order chi connectivity index (χ0) is 14.4. The normalized spacial score (nSPS) is 18.4. The molecular weight excluding hydrogens is 258 g/mol. The highest BCUT2D eigenvalue weighted by Gasteiger charge is 2.15. The average Bonchev–Trinajstić information content (AvgIpc) is 3.03. The number of hydrogen-bond donors (Lipinski definition) is 1. The first-order valence-electron chi connectivity index (χ1n) is 7.17. The first-order valence-corrected chi connectivity index (χ1v) is 7.17. The van der Waals surface area contributed by atoms with Crippen LogP contribution in [-0.4, -0.2) is 38.9 Å². The van der Waals surface area contributed by atoms with Gasteiger partial charge in [0.25, 0.3) is 5.91 Å². The van der Waals surface area contributed by atoms with Gasteiger partial charge in [0.15, 0.2) is 0 Å². The largest absolute Gasteiger partial charge is 0.466 e. The summed E-state index contributed by atoms with van der Waals surface area (Å²) in [7, 11) is 0. The molecule has 1 fully saturated rings. The molecule has 2 rings (SSSR count). The minimum atomic E-state index is -0.0801. The van der Waals surface area contributed by atoms with Crippen molar-refractivity contribution in [2.24, 2.45) is 5.92 Å². The lowest BCUT2D eigenvalue weighted by Gasteiger charge is -2.09. The van der Waals surface area contributed by atoms with Gasteiger partial charge >= 0.3 is 0 Å². The molecule has 1 saturated heterocycles. The Labute approximate surface area is 119 Å². The lowest BCUT2D eigenvalue weighted by molar-refractivity contribution is 0.0853. The highest BCUT2D eigenvalue weighted by Crippen LogP contribution is 2.13. The molecule has 1 aromatic rings. The van der Waals surface area contributed by atoms with E-state index in [4.69, 9.17) is 13.9 Å². The van der Waals surface area contributed by atoms with Gasteiger partial charge in [0.05, 0.1) is 18.8 Å². The minimum Gasteiger partial charge on any atom is -0.466 e. The van der Waals surface area contributed by atoms with E-state index in [1.54, 1.807) is 13.0 Å². The summed E-state index contributed by atoms with van der Waals surface area (Å²) in [5.41, 5.74) is 0.617. The molecule has 0 spiro atoms. The monoisotopic (exact) mass is 281 g/mol. The standard InChI is InChI=1S/C15H23NO4/c1-11-8-14(12(2)20-11)15(17)16-5-3-6-18-9-13-4-7-19-10-13/h8,13H,3-7,9-10H2,1-2H3,(H,16,17). The van der Waals surface area contributed by atoms with E-state index in [0.29, 0.717) is 30.4 Å². The third-order valence-corrected chi connectivity index (χ3v) is 3.41. The van der Waals surface area contributed by atoms with Crippen molar-refractivity contribution in [2.75, 3.05) is 33.0 Å². The molecule has 20 heavy (non-hydrogen) atoms. The number of aryl methyl sites for hydroxylation is 2. The number of furan rings is 1. The first kappa shape index (κ1) is 15.1. The molecule has 1 aliphatic heterocycles. The van der Waals surface area contributed by atoms with Crippen LogP contribution in [-0.2, 0) is 9.47 Å². The topological polar surface area (TPSA) is 60.7 Å². The number of carbonyl (C=O) groups excluding carboxylic acids is 1. The number of nitrogens with one attached hydrogen (secondary N) is 1. The summed E-state index contributed by atoms with van der Waals surface area (Å²) in [5, 5.41) is 2.88. The zero-order valence-corrected chi connectivity index (χ0v) is 12.2. The molecule has 2 heterocycles. The molecule has 0 bridgehead atoms. The Morgan fingerprint density at radius 1 is 1.50 bits per heavy atom. The van der Waals surface area contributed by atoms with E-state index < -0.39 is 0 Å². The van der Waals surface area contributed by atoms with Crippen molar-refractivity contribution in [3.8, 4) is 0 Å². The van der Waals surface area contributed by atoms with Gasteiger partial charge in [-0.05, 0) is 32.8 Å². The predicted molar refractivity (Wildman–Crippen MR) is 74.9 cm³/mol. The third kappa shape index (κ3) is 4.35. The molecule has 0 radical (unpaired) electrons. The van der Waals surface area contributed by atoms with E-state index in [9.17, 15) is 4.79 Å². The van der Waals surface area contributed by atoms with Crippen LogP contribution in [0.2, 0.25) is 0 Å². The Morgan fingerprint density at radius 3 is 3.00 bits per heavy atom. The van der Waals surface area contributed by atoms with Gasteiger partial charge in [-0.25, -0.2) is 0 Å². The number of amides is 1. The molecule has 0 aromatic carbocycles. The fraction of sp³-hybridized carbons (Fsp3) is 0.667. The lowest BCUT2D eigenvalue weighted by atomic mass is 10.1.